The summed E-state index contributed by atoms with van der Waals surface area (Å²) in [5.41, 5.74) is 3.55. The van der Waals surface area contributed by atoms with Crippen molar-refractivity contribution in [2.45, 2.75) is 111 Å². The second-order valence-corrected chi connectivity index (χ2v) is 14.7. The highest BCUT2D eigenvalue weighted by molar-refractivity contribution is 5.82. The van der Waals surface area contributed by atoms with Crippen LogP contribution in [0.3, 0.4) is 0 Å². The predicted octanol–water partition coefficient (Wildman–Crippen LogP) is 10.2. The normalized spacial score (nSPS) is 36.2. The van der Waals surface area contributed by atoms with Gasteiger partial charge in [-0.2, -0.15) is 0 Å². The number of benzene rings is 1. The highest BCUT2D eigenvalue weighted by Crippen LogP contribution is 2.67. The van der Waals surface area contributed by atoms with Gasteiger partial charge in [0.05, 0.1) is 0 Å². The summed E-state index contributed by atoms with van der Waals surface area (Å²) in [5.74, 6) is 4.93. The van der Waals surface area contributed by atoms with E-state index in [4.69, 9.17) is 4.74 Å². The maximum Gasteiger partial charge on any atom is 0.331 e. The van der Waals surface area contributed by atoms with Gasteiger partial charge in [0.25, 0.3) is 0 Å². The summed E-state index contributed by atoms with van der Waals surface area (Å²) in [6, 6.07) is 10.1. The van der Waals surface area contributed by atoms with Crippen molar-refractivity contribution in [3.05, 3.63) is 65.8 Å². The third-order valence-corrected chi connectivity index (χ3v) is 12.0. The fourth-order valence-electron chi connectivity index (χ4n) is 9.82. The zero-order valence-corrected chi connectivity index (χ0v) is 25.9. The molecule has 0 unspecified atom stereocenters. The summed E-state index contributed by atoms with van der Waals surface area (Å²) in [6.07, 6.45) is 24.1. The molecule has 0 spiro atoms. The Hall–Kier alpha value is -2.09. The van der Waals surface area contributed by atoms with Crippen LogP contribution in [0.1, 0.15) is 111 Å². The summed E-state index contributed by atoms with van der Waals surface area (Å²) < 4.78 is 5.95. The molecule has 0 aliphatic heterocycles. The van der Waals surface area contributed by atoms with Gasteiger partial charge in [-0.05, 0) is 96.8 Å². The maximum absolute atomic E-state index is 12.6. The summed E-state index contributed by atoms with van der Waals surface area (Å²) in [7, 11) is 0. The first-order chi connectivity index (χ1) is 19.2. The van der Waals surface area contributed by atoms with Crippen LogP contribution in [0.4, 0.5) is 0 Å². The Labute approximate surface area is 244 Å². The topological polar surface area (TPSA) is 26.3 Å². The molecule has 8 atom stereocenters. The summed E-state index contributed by atoms with van der Waals surface area (Å²) in [6.45, 7) is 12.5. The fraction of sp³-hybridized carbons (Fsp3) is 0.658. The summed E-state index contributed by atoms with van der Waals surface area (Å²) in [4.78, 5) is 12.6. The van der Waals surface area contributed by atoms with Crippen molar-refractivity contribution in [1.29, 1.82) is 0 Å². The molecular formula is C38H54O2. The molecule has 3 saturated carbocycles. The van der Waals surface area contributed by atoms with E-state index in [2.05, 4.69) is 52.8 Å². The zero-order chi connectivity index (χ0) is 28.3. The Kier molecular flexibility index (Phi) is 9.13. The number of esters is 1. The van der Waals surface area contributed by atoms with E-state index in [-0.39, 0.29) is 12.1 Å². The van der Waals surface area contributed by atoms with Crippen LogP contribution in [0, 0.1) is 46.3 Å². The van der Waals surface area contributed by atoms with E-state index in [0.29, 0.717) is 10.8 Å². The Morgan fingerprint density at radius 2 is 1.77 bits per heavy atom. The van der Waals surface area contributed by atoms with E-state index in [1.165, 1.54) is 51.4 Å². The lowest BCUT2D eigenvalue weighted by molar-refractivity contribution is -0.145. The van der Waals surface area contributed by atoms with Gasteiger partial charge in [-0.1, -0.05) is 114 Å². The Balaban J connectivity index is 1.18. The van der Waals surface area contributed by atoms with E-state index in [1.54, 1.807) is 17.7 Å². The van der Waals surface area contributed by atoms with E-state index in [9.17, 15) is 4.79 Å². The van der Waals surface area contributed by atoms with Crippen molar-refractivity contribution in [3.8, 4) is 0 Å². The molecule has 5 rings (SSSR count). The molecule has 1 aromatic rings. The molecule has 2 nitrogen and oxygen atoms in total. The number of fused-ring (bicyclic) bond motifs is 5. The van der Waals surface area contributed by atoms with Crippen molar-refractivity contribution in [2.75, 3.05) is 0 Å². The van der Waals surface area contributed by atoms with Gasteiger partial charge in [-0.3, -0.25) is 0 Å². The largest absolute Gasteiger partial charge is 0.459 e. The van der Waals surface area contributed by atoms with Crippen LogP contribution < -0.4 is 0 Å². The van der Waals surface area contributed by atoms with Crippen LogP contribution >= 0.6 is 0 Å². The molecule has 0 radical (unpaired) electrons. The lowest BCUT2D eigenvalue weighted by Gasteiger charge is -2.58. The SMILES string of the molecule is CC(C)CCC[C@@H](C)[C@H]1CC[C@H]2[C@H]3CC=C4C[C@@H](OC(=O)/C=C/C=C/c5ccccc5)CC[C@]4(C)[C@@H]3CC[C@]12C. The number of hydrogen-bond acceptors (Lipinski definition) is 2. The van der Waals surface area contributed by atoms with Crippen molar-refractivity contribution < 1.29 is 9.53 Å². The van der Waals surface area contributed by atoms with E-state index in [0.717, 1.165) is 60.3 Å². The number of allylic oxidation sites excluding steroid dienone is 3. The molecule has 40 heavy (non-hydrogen) atoms. The molecule has 4 aliphatic rings. The van der Waals surface area contributed by atoms with Crippen LogP contribution in [0.5, 0.6) is 0 Å². The van der Waals surface area contributed by atoms with E-state index >= 15 is 0 Å². The van der Waals surface area contributed by atoms with Crippen LogP contribution in [0.2, 0.25) is 0 Å². The van der Waals surface area contributed by atoms with Crippen molar-refractivity contribution >= 4 is 12.0 Å². The summed E-state index contributed by atoms with van der Waals surface area (Å²) >= 11 is 0. The van der Waals surface area contributed by atoms with Gasteiger partial charge in [0.1, 0.15) is 6.10 Å². The minimum Gasteiger partial charge on any atom is -0.459 e. The predicted molar refractivity (Wildman–Crippen MR) is 168 cm³/mol. The first kappa shape index (κ1) is 29.4. The highest BCUT2D eigenvalue weighted by atomic mass is 16.5. The first-order valence-electron chi connectivity index (χ1n) is 16.5. The smallest absolute Gasteiger partial charge is 0.331 e. The zero-order valence-electron chi connectivity index (χ0n) is 25.9. The molecule has 0 heterocycles. The fourth-order valence-corrected chi connectivity index (χ4v) is 9.82. The Bertz CT molecular complexity index is 1100. The van der Waals surface area contributed by atoms with Crippen LogP contribution in [0.25, 0.3) is 6.08 Å². The maximum atomic E-state index is 12.6. The molecule has 1 aromatic carbocycles. The number of rotatable bonds is 9. The van der Waals surface area contributed by atoms with Gasteiger partial charge in [0.15, 0.2) is 0 Å². The van der Waals surface area contributed by atoms with Gasteiger partial charge in [-0.15, -0.1) is 0 Å². The molecule has 0 saturated heterocycles. The lowest BCUT2D eigenvalue weighted by atomic mass is 9.47. The quantitative estimate of drug-likeness (QED) is 0.134. The molecule has 0 aromatic heterocycles. The second kappa shape index (κ2) is 12.4. The molecule has 218 valence electrons. The Morgan fingerprint density at radius 3 is 2.55 bits per heavy atom. The molecule has 4 aliphatic carbocycles. The average Bonchev–Trinajstić information content (AvgIpc) is 3.29. The highest BCUT2D eigenvalue weighted by Gasteiger charge is 2.59. The van der Waals surface area contributed by atoms with Crippen LogP contribution in [0.15, 0.2) is 60.2 Å². The Morgan fingerprint density at radius 1 is 0.975 bits per heavy atom. The van der Waals surface area contributed by atoms with Crippen molar-refractivity contribution in [1.82, 2.24) is 0 Å². The van der Waals surface area contributed by atoms with Crippen LogP contribution in [-0.4, -0.2) is 12.1 Å². The number of carbonyl (C=O) groups is 1. The minimum atomic E-state index is -0.214. The van der Waals surface area contributed by atoms with E-state index in [1.807, 2.05) is 30.4 Å². The third kappa shape index (κ3) is 6.07. The molecule has 2 heteroatoms. The molecular weight excluding hydrogens is 488 g/mol. The number of carbonyl (C=O) groups excluding carboxylic acids is 1. The van der Waals surface area contributed by atoms with Gasteiger partial charge >= 0.3 is 5.97 Å². The first-order valence-corrected chi connectivity index (χ1v) is 16.5. The van der Waals surface area contributed by atoms with Gasteiger partial charge < -0.3 is 4.74 Å². The second-order valence-electron chi connectivity index (χ2n) is 14.7. The molecule has 0 amide bonds. The average molecular weight is 543 g/mol. The molecule has 0 bridgehead atoms. The van der Waals surface area contributed by atoms with Gasteiger partial charge in [0, 0.05) is 12.5 Å². The van der Waals surface area contributed by atoms with Gasteiger partial charge in [-0.25, -0.2) is 4.79 Å². The summed E-state index contributed by atoms with van der Waals surface area (Å²) in [5, 5.41) is 0. The monoisotopic (exact) mass is 542 g/mol. The standard InChI is InChI=1S/C38H54O2/c1-27(2)12-11-13-28(3)33-20-21-34-32-19-18-30-26-31(22-24-37(30,4)35(32)23-25-38(33,34)5)40-36(39)17-10-9-16-29-14-7-6-8-15-29/h6-10,14-18,27-28,31-35H,11-13,19-26H2,1-5H3/b16-9+,17-10+/t28-,31+,32-,33-,34+,35-,37+,38-/m1/s1. The van der Waals surface area contributed by atoms with Crippen molar-refractivity contribution in [3.63, 3.8) is 0 Å². The minimum absolute atomic E-state index is 0.0162. The molecule has 3 fully saturated rings. The number of hydrogen-bond donors (Lipinski definition) is 0. The lowest BCUT2D eigenvalue weighted by Crippen LogP contribution is -2.51. The van der Waals surface area contributed by atoms with Gasteiger partial charge in [0.2, 0.25) is 0 Å². The van der Waals surface area contributed by atoms with Crippen molar-refractivity contribution in [2.24, 2.45) is 46.3 Å². The number of ether oxygens (including phenoxy) is 1. The third-order valence-electron chi connectivity index (χ3n) is 12.0. The molecule has 0 N–H and O–H groups in total. The van der Waals surface area contributed by atoms with E-state index < -0.39 is 0 Å². The van der Waals surface area contributed by atoms with Crippen LogP contribution in [-0.2, 0) is 9.53 Å².